The van der Waals surface area contributed by atoms with Gasteiger partial charge in [-0.15, -0.1) is 0 Å². The molecule has 1 amide bonds. The highest BCUT2D eigenvalue weighted by molar-refractivity contribution is 7.22. The van der Waals surface area contributed by atoms with E-state index in [0.717, 1.165) is 37.9 Å². The summed E-state index contributed by atoms with van der Waals surface area (Å²) in [5, 5.41) is 7.94. The highest BCUT2D eigenvalue weighted by Crippen LogP contribution is 2.24. The van der Waals surface area contributed by atoms with Crippen LogP contribution in [0.4, 0.5) is 5.13 Å². The third kappa shape index (κ3) is 3.46. The quantitative estimate of drug-likeness (QED) is 0.492. The molecule has 0 saturated heterocycles. The van der Waals surface area contributed by atoms with Gasteiger partial charge in [0.2, 0.25) is 0 Å². The van der Waals surface area contributed by atoms with E-state index in [2.05, 4.69) is 25.8 Å². The number of rotatable bonds is 5. The van der Waals surface area contributed by atoms with Gasteiger partial charge in [-0.1, -0.05) is 23.5 Å². The number of fused-ring (bicyclic) bond motifs is 1. The number of hydrogen-bond acceptors (Lipinski definition) is 5. The first kappa shape index (κ1) is 16.2. The molecule has 0 radical (unpaired) electrons. The molecule has 7 heteroatoms. The number of carbonyl (C=O) groups excluding carboxylic acids is 1. The fourth-order valence-corrected chi connectivity index (χ4v) is 3.42. The molecule has 124 valence electrons. The maximum Gasteiger partial charge on any atom is 0.259 e. The summed E-state index contributed by atoms with van der Waals surface area (Å²) in [4.78, 5) is 19.5. The minimum Gasteiger partial charge on any atom is -0.364 e. The predicted molar refractivity (Wildman–Crippen MR) is 98.7 cm³/mol. The van der Waals surface area contributed by atoms with Gasteiger partial charge < -0.3 is 10.3 Å². The van der Waals surface area contributed by atoms with Crippen LogP contribution in [0.2, 0.25) is 0 Å². The lowest BCUT2D eigenvalue weighted by Crippen LogP contribution is -2.26. The number of hydrazone groups is 1. The first-order valence-electron chi connectivity index (χ1n) is 7.62. The SMILES string of the molecule is C/C(=N\NC(=O)CNc1nc2ccccc2s1)c1c(C)c[nH]c1C. The molecule has 0 saturated carbocycles. The molecule has 3 rings (SSSR count). The van der Waals surface area contributed by atoms with Crippen molar-refractivity contribution in [2.24, 2.45) is 5.10 Å². The van der Waals surface area contributed by atoms with Crippen molar-refractivity contribution < 1.29 is 4.79 Å². The molecule has 0 bridgehead atoms. The number of H-pyrrole nitrogens is 1. The van der Waals surface area contributed by atoms with Crippen LogP contribution >= 0.6 is 11.3 Å². The van der Waals surface area contributed by atoms with E-state index in [4.69, 9.17) is 0 Å². The number of carbonyl (C=O) groups is 1. The van der Waals surface area contributed by atoms with E-state index in [1.165, 1.54) is 11.3 Å². The normalized spacial score (nSPS) is 11.7. The van der Waals surface area contributed by atoms with Crippen LogP contribution in [-0.2, 0) is 4.79 Å². The fourth-order valence-electron chi connectivity index (χ4n) is 2.56. The summed E-state index contributed by atoms with van der Waals surface area (Å²) in [5.41, 5.74) is 7.47. The Morgan fingerprint density at radius 3 is 2.83 bits per heavy atom. The Morgan fingerprint density at radius 2 is 2.12 bits per heavy atom. The number of para-hydroxylation sites is 1. The smallest absolute Gasteiger partial charge is 0.259 e. The Bertz CT molecular complexity index is 856. The van der Waals surface area contributed by atoms with Gasteiger partial charge in [0, 0.05) is 17.5 Å². The molecule has 0 spiro atoms. The van der Waals surface area contributed by atoms with Crippen molar-refractivity contribution in [2.45, 2.75) is 20.8 Å². The lowest BCUT2D eigenvalue weighted by molar-refractivity contribution is -0.119. The molecule has 2 aromatic heterocycles. The second kappa shape index (κ2) is 6.84. The van der Waals surface area contributed by atoms with E-state index < -0.39 is 0 Å². The number of nitrogens with zero attached hydrogens (tertiary/aromatic N) is 2. The maximum absolute atomic E-state index is 12.0. The van der Waals surface area contributed by atoms with E-state index in [1.54, 1.807) is 0 Å². The molecule has 1 aromatic carbocycles. The molecule has 6 nitrogen and oxygen atoms in total. The van der Waals surface area contributed by atoms with Crippen molar-refractivity contribution >= 4 is 38.3 Å². The summed E-state index contributed by atoms with van der Waals surface area (Å²) in [5.74, 6) is -0.209. The van der Waals surface area contributed by atoms with Crippen molar-refractivity contribution in [1.82, 2.24) is 15.4 Å². The number of aromatic nitrogens is 2. The molecule has 0 atom stereocenters. The first-order chi connectivity index (χ1) is 11.5. The van der Waals surface area contributed by atoms with Crippen molar-refractivity contribution in [1.29, 1.82) is 0 Å². The van der Waals surface area contributed by atoms with Crippen molar-refractivity contribution in [3.63, 3.8) is 0 Å². The third-order valence-electron chi connectivity index (χ3n) is 3.68. The zero-order chi connectivity index (χ0) is 17.1. The van der Waals surface area contributed by atoms with Crippen LogP contribution in [0.15, 0.2) is 35.6 Å². The lowest BCUT2D eigenvalue weighted by atomic mass is 10.1. The molecule has 3 N–H and O–H groups in total. The third-order valence-corrected chi connectivity index (χ3v) is 4.67. The molecular weight excluding hydrogens is 322 g/mol. The van der Waals surface area contributed by atoms with Gasteiger partial charge in [-0.25, -0.2) is 10.4 Å². The van der Waals surface area contributed by atoms with Gasteiger partial charge in [0.25, 0.3) is 5.91 Å². The molecule has 3 aromatic rings. The number of aryl methyl sites for hydroxylation is 2. The summed E-state index contributed by atoms with van der Waals surface area (Å²) in [6.07, 6.45) is 1.93. The summed E-state index contributed by atoms with van der Waals surface area (Å²) in [7, 11) is 0. The number of thiazole rings is 1. The Morgan fingerprint density at radius 1 is 1.33 bits per heavy atom. The Kier molecular flexibility index (Phi) is 4.61. The van der Waals surface area contributed by atoms with Crippen LogP contribution in [0.25, 0.3) is 10.2 Å². The predicted octanol–water partition coefficient (Wildman–Crippen LogP) is 3.19. The maximum atomic E-state index is 12.0. The molecule has 0 aliphatic carbocycles. The van der Waals surface area contributed by atoms with Crippen LogP contribution < -0.4 is 10.7 Å². The highest BCUT2D eigenvalue weighted by Gasteiger charge is 2.09. The largest absolute Gasteiger partial charge is 0.364 e. The Labute approximate surface area is 144 Å². The number of hydrogen-bond donors (Lipinski definition) is 3. The number of aromatic amines is 1. The fraction of sp³-hybridized carbons (Fsp3) is 0.235. The highest BCUT2D eigenvalue weighted by atomic mass is 32.1. The minimum atomic E-state index is -0.209. The monoisotopic (exact) mass is 341 g/mol. The van der Waals surface area contributed by atoms with Gasteiger partial charge in [-0.05, 0) is 38.5 Å². The van der Waals surface area contributed by atoms with E-state index in [1.807, 2.05) is 51.2 Å². The van der Waals surface area contributed by atoms with Gasteiger partial charge in [-0.2, -0.15) is 5.10 Å². The standard InChI is InChI=1S/C17H19N5OS/c1-10-8-18-11(2)16(10)12(3)21-22-15(23)9-19-17-20-13-6-4-5-7-14(13)24-17/h4-8,18H,9H2,1-3H3,(H,19,20)(H,22,23)/b21-12+. The van der Waals surface area contributed by atoms with Gasteiger partial charge in [0.05, 0.1) is 22.5 Å². The first-order valence-corrected chi connectivity index (χ1v) is 8.44. The van der Waals surface area contributed by atoms with Crippen LogP contribution in [0.1, 0.15) is 23.7 Å². The van der Waals surface area contributed by atoms with Crippen molar-refractivity contribution in [3.05, 3.63) is 47.3 Å². The summed E-state index contributed by atoms with van der Waals surface area (Å²) in [6.45, 7) is 6.00. The van der Waals surface area contributed by atoms with Crippen LogP contribution in [0.3, 0.4) is 0 Å². The minimum absolute atomic E-state index is 0.127. The molecule has 0 fully saturated rings. The molecule has 0 unspecified atom stereocenters. The van der Waals surface area contributed by atoms with E-state index in [0.29, 0.717) is 0 Å². The van der Waals surface area contributed by atoms with Crippen LogP contribution in [0, 0.1) is 13.8 Å². The van der Waals surface area contributed by atoms with Crippen molar-refractivity contribution in [3.8, 4) is 0 Å². The zero-order valence-corrected chi connectivity index (χ0v) is 14.6. The average Bonchev–Trinajstić information content (AvgIpc) is 3.13. The summed E-state index contributed by atoms with van der Waals surface area (Å²) in [6, 6.07) is 7.88. The van der Waals surface area contributed by atoms with E-state index in [9.17, 15) is 4.79 Å². The second-order valence-corrected chi connectivity index (χ2v) is 6.57. The number of nitrogens with one attached hydrogen (secondary N) is 3. The molecule has 0 aliphatic rings. The lowest BCUT2D eigenvalue weighted by Gasteiger charge is -2.04. The molecule has 0 aliphatic heterocycles. The van der Waals surface area contributed by atoms with Gasteiger partial charge in [0.1, 0.15) is 0 Å². The van der Waals surface area contributed by atoms with E-state index >= 15 is 0 Å². The zero-order valence-electron chi connectivity index (χ0n) is 13.8. The van der Waals surface area contributed by atoms with E-state index in [-0.39, 0.29) is 12.5 Å². The average molecular weight is 341 g/mol. The van der Waals surface area contributed by atoms with Crippen LogP contribution in [-0.4, -0.2) is 28.1 Å². The molecule has 24 heavy (non-hydrogen) atoms. The summed E-state index contributed by atoms with van der Waals surface area (Å²) >= 11 is 1.52. The van der Waals surface area contributed by atoms with Crippen LogP contribution in [0.5, 0.6) is 0 Å². The van der Waals surface area contributed by atoms with Crippen molar-refractivity contribution in [2.75, 3.05) is 11.9 Å². The topological polar surface area (TPSA) is 82.2 Å². The van der Waals surface area contributed by atoms with Gasteiger partial charge in [-0.3, -0.25) is 4.79 Å². The Hall–Kier alpha value is -2.67. The molecule has 2 heterocycles. The number of amides is 1. The van der Waals surface area contributed by atoms with Gasteiger partial charge in [0.15, 0.2) is 5.13 Å². The Balaban J connectivity index is 1.58. The number of anilines is 1. The summed E-state index contributed by atoms with van der Waals surface area (Å²) < 4.78 is 1.09. The van der Waals surface area contributed by atoms with Gasteiger partial charge >= 0.3 is 0 Å². The number of benzene rings is 1. The second-order valence-electron chi connectivity index (χ2n) is 5.54. The molecular formula is C17H19N5OS.